The molecule has 3 rings (SSSR count). The van der Waals surface area contributed by atoms with Crippen molar-refractivity contribution < 1.29 is 18.7 Å². The van der Waals surface area contributed by atoms with Crippen LogP contribution >= 0.6 is 0 Å². The molecule has 174 valence electrons. The number of methoxy groups -OCH3 is 1. The fraction of sp³-hybridized carbons (Fsp3) is 0.524. The van der Waals surface area contributed by atoms with Crippen molar-refractivity contribution in [2.45, 2.75) is 39.3 Å². The van der Waals surface area contributed by atoms with Crippen LogP contribution in [0.4, 0.5) is 11.5 Å². The minimum atomic E-state index is -0.749. The molecule has 0 aliphatic carbocycles. The van der Waals surface area contributed by atoms with Gasteiger partial charge in [-0.1, -0.05) is 13.3 Å². The zero-order valence-electron chi connectivity index (χ0n) is 18.3. The minimum Gasteiger partial charge on any atom is -0.467 e. The van der Waals surface area contributed by atoms with E-state index in [-0.39, 0.29) is 50.1 Å². The third-order valence-electron chi connectivity index (χ3n) is 5.49. The molecule has 1 fully saturated rings. The molecule has 1 aliphatic heterocycles. The Morgan fingerprint density at radius 3 is 2.81 bits per heavy atom. The molecule has 1 atom stereocenters. The number of nitrogens with zero attached hydrogens (tertiary/aromatic N) is 3. The molecular formula is C21H29N5O6. The quantitative estimate of drug-likeness (QED) is 0.541. The number of likely N-dealkylation sites (tertiary alicyclic amines) is 1. The summed E-state index contributed by atoms with van der Waals surface area (Å²) < 4.78 is 11.7. The van der Waals surface area contributed by atoms with E-state index < -0.39 is 23.1 Å². The number of carbonyl (C=O) groups excluding carboxylic acids is 2. The first-order valence-corrected chi connectivity index (χ1v) is 10.6. The first-order chi connectivity index (χ1) is 15.4. The zero-order valence-corrected chi connectivity index (χ0v) is 18.3. The molecule has 2 aromatic rings. The van der Waals surface area contributed by atoms with Gasteiger partial charge in [0.2, 0.25) is 11.8 Å². The minimum absolute atomic E-state index is 0.0102. The molecule has 2 aromatic heterocycles. The SMILES string of the molecule is CCCCn1c(N)c(N(CCOC)C(=O)[C@H]2CC(=O)N(Cc3ccco3)C2)c(=O)[nH]c1=O. The van der Waals surface area contributed by atoms with E-state index >= 15 is 0 Å². The first-order valence-electron chi connectivity index (χ1n) is 10.6. The summed E-state index contributed by atoms with van der Waals surface area (Å²) in [5.74, 6) is -0.722. The number of aromatic amines is 1. The number of hydrogen-bond acceptors (Lipinski definition) is 7. The van der Waals surface area contributed by atoms with Crippen molar-refractivity contribution in [2.75, 3.05) is 37.4 Å². The number of unbranched alkanes of at least 4 members (excludes halogenated alkanes) is 1. The van der Waals surface area contributed by atoms with E-state index in [2.05, 4.69) is 4.98 Å². The Kier molecular flexibility index (Phi) is 7.52. The van der Waals surface area contributed by atoms with Crippen LogP contribution in [-0.4, -0.2) is 53.1 Å². The molecular weight excluding hydrogens is 418 g/mol. The van der Waals surface area contributed by atoms with Gasteiger partial charge in [0.1, 0.15) is 11.6 Å². The summed E-state index contributed by atoms with van der Waals surface area (Å²) in [6.07, 6.45) is 3.03. The van der Waals surface area contributed by atoms with E-state index in [1.807, 2.05) is 6.92 Å². The van der Waals surface area contributed by atoms with Crippen molar-refractivity contribution >= 4 is 23.3 Å². The highest BCUT2D eigenvalue weighted by Crippen LogP contribution is 2.26. The molecule has 3 N–H and O–H groups in total. The molecule has 2 amide bonds. The summed E-state index contributed by atoms with van der Waals surface area (Å²) >= 11 is 0. The Bertz CT molecular complexity index is 1060. The summed E-state index contributed by atoms with van der Waals surface area (Å²) in [6, 6.07) is 3.49. The van der Waals surface area contributed by atoms with E-state index in [0.717, 1.165) is 6.42 Å². The lowest BCUT2D eigenvalue weighted by Crippen LogP contribution is -2.45. The Labute approximate surface area is 184 Å². The van der Waals surface area contributed by atoms with Gasteiger partial charge in [0.25, 0.3) is 5.56 Å². The Morgan fingerprint density at radius 1 is 1.38 bits per heavy atom. The largest absolute Gasteiger partial charge is 0.467 e. The zero-order chi connectivity index (χ0) is 23.3. The lowest BCUT2D eigenvalue weighted by atomic mass is 10.1. The number of nitrogens with one attached hydrogen (secondary N) is 1. The molecule has 3 heterocycles. The van der Waals surface area contributed by atoms with Gasteiger partial charge < -0.3 is 24.7 Å². The lowest BCUT2D eigenvalue weighted by Gasteiger charge is -2.26. The van der Waals surface area contributed by atoms with Crippen LogP contribution in [0.25, 0.3) is 0 Å². The second kappa shape index (κ2) is 10.3. The van der Waals surface area contributed by atoms with Gasteiger partial charge in [0.05, 0.1) is 25.3 Å². The predicted molar refractivity (Wildman–Crippen MR) is 117 cm³/mol. The van der Waals surface area contributed by atoms with Crippen LogP contribution in [0.3, 0.4) is 0 Å². The molecule has 0 spiro atoms. The molecule has 32 heavy (non-hydrogen) atoms. The van der Waals surface area contributed by atoms with Gasteiger partial charge in [-0.05, 0) is 18.6 Å². The van der Waals surface area contributed by atoms with Crippen LogP contribution in [0.1, 0.15) is 31.9 Å². The third kappa shape index (κ3) is 4.93. The lowest BCUT2D eigenvalue weighted by molar-refractivity contribution is -0.129. The summed E-state index contributed by atoms with van der Waals surface area (Å²) in [5.41, 5.74) is 4.73. The van der Waals surface area contributed by atoms with Gasteiger partial charge in [-0.2, -0.15) is 0 Å². The highest BCUT2D eigenvalue weighted by atomic mass is 16.5. The van der Waals surface area contributed by atoms with Gasteiger partial charge in [0.15, 0.2) is 5.69 Å². The van der Waals surface area contributed by atoms with E-state index in [4.69, 9.17) is 14.9 Å². The number of carbonyl (C=O) groups is 2. The number of furan rings is 1. The van der Waals surface area contributed by atoms with Crippen LogP contribution in [0.2, 0.25) is 0 Å². The molecule has 0 aromatic carbocycles. The number of H-pyrrole nitrogens is 1. The van der Waals surface area contributed by atoms with Gasteiger partial charge in [-0.15, -0.1) is 0 Å². The van der Waals surface area contributed by atoms with E-state index in [1.54, 1.807) is 17.0 Å². The highest BCUT2D eigenvalue weighted by Gasteiger charge is 2.38. The average Bonchev–Trinajstić information content (AvgIpc) is 3.40. The monoisotopic (exact) mass is 447 g/mol. The highest BCUT2D eigenvalue weighted by molar-refractivity contribution is 6.00. The van der Waals surface area contributed by atoms with Crippen LogP contribution in [0.15, 0.2) is 32.4 Å². The molecule has 0 unspecified atom stereocenters. The number of nitrogen functional groups attached to an aromatic ring is 1. The van der Waals surface area contributed by atoms with Crippen molar-refractivity contribution in [3.8, 4) is 0 Å². The second-order valence-corrected chi connectivity index (χ2v) is 7.74. The Balaban J connectivity index is 1.90. The fourth-order valence-electron chi connectivity index (χ4n) is 3.79. The maximum absolute atomic E-state index is 13.4. The molecule has 0 bridgehead atoms. The van der Waals surface area contributed by atoms with Gasteiger partial charge in [-0.25, -0.2) is 4.79 Å². The standard InChI is InChI=1S/C21H29N5O6/c1-3-4-7-26-18(22)17(19(28)23-21(26)30)25(8-10-31-2)20(29)14-11-16(27)24(12-14)13-15-6-5-9-32-15/h5-6,9,14H,3-4,7-8,10-13,22H2,1-2H3,(H,23,28,30)/t14-/m0/s1. The number of anilines is 2. The number of aromatic nitrogens is 2. The maximum atomic E-state index is 13.4. The Hall–Kier alpha value is -3.34. The Morgan fingerprint density at radius 2 is 2.16 bits per heavy atom. The normalized spacial score (nSPS) is 16.0. The number of amides is 2. The average molecular weight is 447 g/mol. The summed E-state index contributed by atoms with van der Waals surface area (Å²) in [6.45, 7) is 2.93. The van der Waals surface area contributed by atoms with Crippen molar-refractivity contribution in [1.82, 2.24) is 14.5 Å². The second-order valence-electron chi connectivity index (χ2n) is 7.74. The van der Waals surface area contributed by atoms with Crippen molar-refractivity contribution in [2.24, 2.45) is 5.92 Å². The topological polar surface area (TPSA) is 144 Å². The van der Waals surface area contributed by atoms with Gasteiger partial charge >= 0.3 is 5.69 Å². The number of nitrogens with two attached hydrogens (primary N) is 1. The van der Waals surface area contributed by atoms with Crippen LogP contribution in [-0.2, 0) is 27.4 Å². The number of ether oxygens (including phenoxy) is 1. The molecule has 0 saturated carbocycles. The maximum Gasteiger partial charge on any atom is 0.330 e. The summed E-state index contributed by atoms with van der Waals surface area (Å²) in [5, 5.41) is 0. The van der Waals surface area contributed by atoms with Gasteiger partial charge in [-0.3, -0.25) is 23.9 Å². The molecule has 11 heteroatoms. The summed E-state index contributed by atoms with van der Waals surface area (Å²) in [7, 11) is 1.47. The molecule has 1 aliphatic rings. The molecule has 0 radical (unpaired) electrons. The van der Waals surface area contributed by atoms with E-state index in [9.17, 15) is 19.2 Å². The van der Waals surface area contributed by atoms with Crippen LogP contribution < -0.4 is 21.9 Å². The fourth-order valence-corrected chi connectivity index (χ4v) is 3.79. The number of hydrogen-bond donors (Lipinski definition) is 2. The van der Waals surface area contributed by atoms with Crippen molar-refractivity contribution in [3.05, 3.63) is 45.0 Å². The molecule has 1 saturated heterocycles. The number of rotatable bonds is 10. The molecule has 11 nitrogen and oxygen atoms in total. The summed E-state index contributed by atoms with van der Waals surface area (Å²) in [4.78, 5) is 55.9. The van der Waals surface area contributed by atoms with Gasteiger partial charge in [0, 0.05) is 33.2 Å². The van der Waals surface area contributed by atoms with Crippen molar-refractivity contribution in [1.29, 1.82) is 0 Å². The van der Waals surface area contributed by atoms with Crippen LogP contribution in [0, 0.1) is 5.92 Å². The van der Waals surface area contributed by atoms with Crippen LogP contribution in [0.5, 0.6) is 0 Å². The van der Waals surface area contributed by atoms with Crippen molar-refractivity contribution in [3.63, 3.8) is 0 Å². The first kappa shape index (κ1) is 23.3. The van der Waals surface area contributed by atoms with E-state index in [1.165, 1.54) is 22.8 Å². The van der Waals surface area contributed by atoms with E-state index in [0.29, 0.717) is 18.7 Å². The third-order valence-corrected chi connectivity index (χ3v) is 5.49. The smallest absolute Gasteiger partial charge is 0.330 e. The predicted octanol–water partition coefficient (Wildman–Crippen LogP) is 0.540.